The van der Waals surface area contributed by atoms with E-state index in [1.165, 1.54) is 0 Å². The molecule has 0 aliphatic carbocycles. The van der Waals surface area contributed by atoms with Gasteiger partial charge in [0.2, 0.25) is 0 Å². The van der Waals surface area contributed by atoms with Crippen molar-refractivity contribution < 1.29 is 39.1 Å². The first kappa shape index (κ1) is 32.1. The number of esters is 1. The molecule has 2 aliphatic rings. The molecule has 1 radical (unpaired) electrons. The summed E-state index contributed by atoms with van der Waals surface area (Å²) in [6.07, 6.45) is -2.68. The van der Waals surface area contributed by atoms with Crippen molar-refractivity contribution in [1.82, 2.24) is 4.90 Å². The topological polar surface area (TPSA) is 126 Å². The van der Waals surface area contributed by atoms with E-state index in [2.05, 4.69) is 0 Å². The summed E-state index contributed by atoms with van der Waals surface area (Å²) in [6.45, 7) is 12.8. The number of hydrogen-bond acceptors (Lipinski definition) is 9. The lowest BCUT2D eigenvalue weighted by Crippen LogP contribution is -2.56. The minimum atomic E-state index is -1.19. The van der Waals surface area contributed by atoms with Crippen molar-refractivity contribution in [3.05, 3.63) is 6.42 Å². The van der Waals surface area contributed by atoms with Crippen molar-refractivity contribution in [2.24, 2.45) is 29.6 Å². The summed E-state index contributed by atoms with van der Waals surface area (Å²) in [7, 11) is 3.79. The van der Waals surface area contributed by atoms with E-state index in [9.17, 15) is 24.9 Å². The second-order valence-corrected chi connectivity index (χ2v) is 11.7. The molecule has 9 heteroatoms. The number of ether oxygens (including phenoxy) is 3. The van der Waals surface area contributed by atoms with Crippen LogP contribution in [0.5, 0.6) is 0 Å². The molecule has 9 nitrogen and oxygen atoms in total. The van der Waals surface area contributed by atoms with Crippen LogP contribution >= 0.6 is 0 Å². The van der Waals surface area contributed by atoms with Crippen molar-refractivity contribution >= 4 is 11.8 Å². The van der Waals surface area contributed by atoms with E-state index in [1.807, 2.05) is 46.7 Å². The Labute approximate surface area is 222 Å². The summed E-state index contributed by atoms with van der Waals surface area (Å²) < 4.78 is 18.0. The Morgan fingerprint density at radius 2 is 1.59 bits per heavy atom. The third kappa shape index (κ3) is 7.96. The van der Waals surface area contributed by atoms with Crippen LogP contribution in [0.2, 0.25) is 0 Å². The molecule has 2 rings (SSSR count). The van der Waals surface area contributed by atoms with E-state index in [-0.39, 0.29) is 29.8 Å². The monoisotopic (exact) mass is 528 g/mol. The van der Waals surface area contributed by atoms with Gasteiger partial charge < -0.3 is 34.4 Å². The minimum Gasteiger partial charge on any atom is -0.462 e. The van der Waals surface area contributed by atoms with Crippen molar-refractivity contribution in [2.45, 2.75) is 117 Å². The number of ketones is 1. The van der Waals surface area contributed by atoms with E-state index in [1.54, 1.807) is 20.8 Å². The van der Waals surface area contributed by atoms with Gasteiger partial charge in [-0.25, -0.2) is 0 Å². The van der Waals surface area contributed by atoms with Gasteiger partial charge in [0.1, 0.15) is 18.0 Å². The molecule has 0 aromatic carbocycles. The normalized spacial score (nSPS) is 45.4. The van der Waals surface area contributed by atoms with Crippen LogP contribution in [0, 0.1) is 36.0 Å². The highest BCUT2D eigenvalue weighted by atomic mass is 16.7. The average Bonchev–Trinajstić information content (AvgIpc) is 2.84. The number of aliphatic hydroxyl groups is 3. The summed E-state index contributed by atoms with van der Waals surface area (Å²) in [5, 5.41) is 33.0. The average molecular weight is 529 g/mol. The first-order valence-electron chi connectivity index (χ1n) is 13.8. The fourth-order valence-corrected chi connectivity index (χ4v) is 5.92. The summed E-state index contributed by atoms with van der Waals surface area (Å²) in [5.41, 5.74) is 0. The molecular weight excluding hydrogens is 478 g/mol. The fraction of sp³-hybridized carbons (Fsp3) is 0.893. The van der Waals surface area contributed by atoms with Gasteiger partial charge in [-0.2, -0.15) is 0 Å². The number of likely N-dealkylation sites (N-methyl/N-ethyl adjacent to an activating group) is 1. The first-order chi connectivity index (χ1) is 17.2. The van der Waals surface area contributed by atoms with Crippen LogP contribution < -0.4 is 0 Å². The third-order valence-corrected chi connectivity index (χ3v) is 8.46. The summed E-state index contributed by atoms with van der Waals surface area (Å²) >= 11 is 0. The molecular formula is C28H50NO8. The highest BCUT2D eigenvalue weighted by Crippen LogP contribution is 2.34. The van der Waals surface area contributed by atoms with Gasteiger partial charge >= 0.3 is 5.97 Å². The smallest absolute Gasteiger partial charge is 0.312 e. The van der Waals surface area contributed by atoms with Gasteiger partial charge in [0, 0.05) is 29.7 Å². The second-order valence-electron chi connectivity index (χ2n) is 11.7. The number of carbonyl (C=O) groups excluding carboxylic acids is 2. The highest BCUT2D eigenvalue weighted by Gasteiger charge is 2.43. The lowest BCUT2D eigenvalue weighted by Gasteiger charge is -2.44. The Balaban J connectivity index is 2.37. The molecule has 2 saturated heterocycles. The molecule has 2 aliphatic heterocycles. The maximum Gasteiger partial charge on any atom is 0.312 e. The van der Waals surface area contributed by atoms with E-state index < -0.39 is 60.5 Å². The molecule has 37 heavy (non-hydrogen) atoms. The van der Waals surface area contributed by atoms with Crippen molar-refractivity contribution in [3.8, 4) is 0 Å². The van der Waals surface area contributed by atoms with Crippen molar-refractivity contribution in [3.63, 3.8) is 0 Å². The number of hydrogen-bond donors (Lipinski definition) is 3. The standard InChI is InChI=1S/C28H50NO8/c1-10-22-18(6)25(33)19(7)24(32)14(2)11-15(3)27(17(5)21(30)13-23(31)36-22)37-28-26(34)20(29(8)9)12-16(4)35-28/h13-22,25-28,30,33-34H,10-12H2,1-9H3/t14-,15+,16?,17+,18+,19+,20?,21+,22-,25+,26?,27+,28?/m1/s1. The minimum absolute atomic E-state index is 0.0711. The van der Waals surface area contributed by atoms with E-state index in [0.717, 1.165) is 6.42 Å². The fourth-order valence-electron chi connectivity index (χ4n) is 5.92. The molecule has 0 amide bonds. The van der Waals surface area contributed by atoms with Crippen LogP contribution in [0.3, 0.4) is 0 Å². The molecule has 0 saturated carbocycles. The Kier molecular flexibility index (Phi) is 12.0. The first-order valence-corrected chi connectivity index (χ1v) is 13.8. The quantitative estimate of drug-likeness (QED) is 0.471. The number of nitrogens with zero attached hydrogens (tertiary/aromatic N) is 1. The van der Waals surface area contributed by atoms with Gasteiger partial charge in [-0.3, -0.25) is 9.59 Å². The van der Waals surface area contributed by atoms with Crippen LogP contribution in [0.1, 0.15) is 67.7 Å². The van der Waals surface area contributed by atoms with E-state index >= 15 is 0 Å². The summed E-state index contributed by atoms with van der Waals surface area (Å²) in [6, 6.07) is -0.167. The van der Waals surface area contributed by atoms with Gasteiger partial charge in [0.15, 0.2) is 6.29 Å². The molecule has 0 spiro atoms. The molecule has 0 aromatic heterocycles. The second kappa shape index (κ2) is 13.8. The zero-order chi connectivity index (χ0) is 28.2. The summed E-state index contributed by atoms with van der Waals surface area (Å²) in [5.74, 6) is -3.00. The molecule has 3 N–H and O–H groups in total. The highest BCUT2D eigenvalue weighted by molar-refractivity contribution is 5.83. The zero-order valence-electron chi connectivity index (χ0n) is 24.0. The van der Waals surface area contributed by atoms with Gasteiger partial charge in [-0.1, -0.05) is 41.5 Å². The van der Waals surface area contributed by atoms with Crippen LogP contribution in [0.25, 0.3) is 0 Å². The van der Waals surface area contributed by atoms with Crippen molar-refractivity contribution in [1.29, 1.82) is 0 Å². The van der Waals surface area contributed by atoms with E-state index in [4.69, 9.17) is 14.2 Å². The molecule has 0 aromatic rings. The van der Waals surface area contributed by atoms with Gasteiger partial charge in [-0.15, -0.1) is 0 Å². The molecule has 215 valence electrons. The number of Topliss-reactive ketones (excluding diaryl/α,β-unsaturated/α-hetero) is 1. The Bertz CT molecular complexity index is 748. The van der Waals surface area contributed by atoms with Crippen LogP contribution in [-0.2, 0) is 23.8 Å². The van der Waals surface area contributed by atoms with Gasteiger partial charge in [0.05, 0.1) is 30.8 Å². The van der Waals surface area contributed by atoms with Crippen LogP contribution in [0.15, 0.2) is 0 Å². The van der Waals surface area contributed by atoms with Crippen LogP contribution in [-0.4, -0.2) is 95.0 Å². The number of carbonyl (C=O) groups is 2. The van der Waals surface area contributed by atoms with E-state index in [0.29, 0.717) is 19.3 Å². The van der Waals surface area contributed by atoms with Gasteiger partial charge in [-0.05, 0) is 46.2 Å². The molecule has 4 unspecified atom stereocenters. The number of cyclic esters (lactones) is 1. The largest absolute Gasteiger partial charge is 0.462 e. The SMILES string of the molecule is CC[C@H]1OC(=O)[CH][C@H](O)[C@H](C)[C@@H](OC2OC(C)CC(N(C)C)C2O)[C@@H](C)C[C@@H](C)C(=O)[C@H](C)[C@@H](O)[C@H]1C. The van der Waals surface area contributed by atoms with Crippen molar-refractivity contribution in [2.75, 3.05) is 14.1 Å². The Morgan fingerprint density at radius 1 is 0.973 bits per heavy atom. The molecule has 2 fully saturated rings. The predicted octanol–water partition coefficient (Wildman–Crippen LogP) is 2.20. The number of rotatable bonds is 4. The summed E-state index contributed by atoms with van der Waals surface area (Å²) in [4.78, 5) is 28.0. The van der Waals surface area contributed by atoms with Gasteiger partial charge in [0.25, 0.3) is 0 Å². The molecule has 13 atom stereocenters. The zero-order valence-corrected chi connectivity index (χ0v) is 24.0. The number of aliphatic hydroxyl groups excluding tert-OH is 3. The lowest BCUT2D eigenvalue weighted by molar-refractivity contribution is -0.281. The third-order valence-electron chi connectivity index (χ3n) is 8.46. The maximum absolute atomic E-state index is 13.3. The lowest BCUT2D eigenvalue weighted by atomic mass is 9.78. The maximum atomic E-state index is 13.3. The predicted molar refractivity (Wildman–Crippen MR) is 139 cm³/mol. The molecule has 2 heterocycles. The van der Waals surface area contributed by atoms with Crippen LogP contribution in [0.4, 0.5) is 0 Å². The Hall–Kier alpha value is -1.10. The molecule has 0 bridgehead atoms. The Morgan fingerprint density at radius 3 is 2.16 bits per heavy atom.